The molecule has 4 rings (SSSR count). The molecule has 2 fully saturated rings. The van der Waals surface area contributed by atoms with Crippen molar-refractivity contribution in [3.05, 3.63) is 17.3 Å². The minimum Gasteiger partial charge on any atom is -0.367 e. The Morgan fingerprint density at radius 2 is 1.83 bits per heavy atom. The van der Waals surface area contributed by atoms with E-state index < -0.39 is 0 Å². The summed E-state index contributed by atoms with van der Waals surface area (Å²) in [6, 6.07) is 3.02. The molecule has 6 nitrogen and oxygen atoms in total. The Kier molecular flexibility index (Phi) is 4.22. The average molecular weight is 326 g/mol. The van der Waals surface area contributed by atoms with E-state index in [1.165, 1.54) is 31.2 Å². The van der Waals surface area contributed by atoms with Gasteiger partial charge in [-0.05, 0) is 51.3 Å². The van der Waals surface area contributed by atoms with Gasteiger partial charge in [0.1, 0.15) is 5.82 Å². The smallest absolute Gasteiger partial charge is 0.226 e. The van der Waals surface area contributed by atoms with E-state index in [-0.39, 0.29) is 0 Å². The van der Waals surface area contributed by atoms with Gasteiger partial charge in [0, 0.05) is 24.3 Å². The van der Waals surface area contributed by atoms with E-state index >= 15 is 0 Å². The first-order valence-corrected chi connectivity index (χ1v) is 9.09. The summed E-state index contributed by atoms with van der Waals surface area (Å²) in [7, 11) is 0. The van der Waals surface area contributed by atoms with Gasteiger partial charge in [-0.1, -0.05) is 12.8 Å². The van der Waals surface area contributed by atoms with Crippen molar-refractivity contribution in [3.63, 3.8) is 0 Å². The molecule has 1 aliphatic heterocycles. The van der Waals surface area contributed by atoms with Crippen LogP contribution < -0.4 is 16.0 Å². The van der Waals surface area contributed by atoms with Gasteiger partial charge in [0.25, 0.3) is 0 Å². The predicted molar refractivity (Wildman–Crippen MR) is 97.6 cm³/mol. The van der Waals surface area contributed by atoms with E-state index in [9.17, 15) is 0 Å². The molecule has 0 radical (unpaired) electrons. The minimum atomic E-state index is 0.396. The Hall–Kier alpha value is -1.95. The molecule has 3 heterocycles. The van der Waals surface area contributed by atoms with Crippen molar-refractivity contribution in [2.24, 2.45) is 0 Å². The SMILES string of the molecule is Cc1cc(C)c2c(NC3CCCC3)nc(N[C@@H]3CCNC3)nc2n1. The third kappa shape index (κ3) is 3.15. The number of nitrogens with one attached hydrogen (secondary N) is 3. The maximum absolute atomic E-state index is 4.82. The number of anilines is 2. The van der Waals surface area contributed by atoms with Crippen LogP contribution in [0.5, 0.6) is 0 Å². The molecule has 1 saturated heterocycles. The van der Waals surface area contributed by atoms with Crippen LogP contribution >= 0.6 is 0 Å². The van der Waals surface area contributed by atoms with Gasteiger partial charge in [-0.2, -0.15) is 9.97 Å². The van der Waals surface area contributed by atoms with Crippen LogP contribution in [0.2, 0.25) is 0 Å². The van der Waals surface area contributed by atoms with Crippen molar-refractivity contribution in [2.75, 3.05) is 23.7 Å². The zero-order valence-corrected chi connectivity index (χ0v) is 14.5. The van der Waals surface area contributed by atoms with Crippen LogP contribution in [-0.2, 0) is 0 Å². The van der Waals surface area contributed by atoms with Gasteiger partial charge < -0.3 is 16.0 Å². The third-order valence-electron chi connectivity index (χ3n) is 5.08. The van der Waals surface area contributed by atoms with Gasteiger partial charge in [0.05, 0.1) is 5.39 Å². The summed E-state index contributed by atoms with van der Waals surface area (Å²) in [4.78, 5) is 14.2. The lowest BCUT2D eigenvalue weighted by Crippen LogP contribution is -2.24. The van der Waals surface area contributed by atoms with E-state index in [2.05, 4.69) is 33.9 Å². The first kappa shape index (κ1) is 15.6. The molecule has 2 aliphatic rings. The first-order chi connectivity index (χ1) is 11.7. The fourth-order valence-electron chi connectivity index (χ4n) is 3.87. The van der Waals surface area contributed by atoms with Gasteiger partial charge in [0.2, 0.25) is 5.95 Å². The lowest BCUT2D eigenvalue weighted by atomic mass is 10.1. The first-order valence-electron chi connectivity index (χ1n) is 9.09. The second-order valence-electron chi connectivity index (χ2n) is 7.13. The van der Waals surface area contributed by atoms with Crippen LogP contribution in [0.1, 0.15) is 43.4 Å². The van der Waals surface area contributed by atoms with E-state index in [4.69, 9.17) is 9.97 Å². The van der Waals surface area contributed by atoms with Crippen molar-refractivity contribution < 1.29 is 0 Å². The Labute approximate surface area is 142 Å². The van der Waals surface area contributed by atoms with Crippen molar-refractivity contribution in [1.29, 1.82) is 0 Å². The highest BCUT2D eigenvalue weighted by Gasteiger charge is 2.20. The lowest BCUT2D eigenvalue weighted by molar-refractivity contribution is 0.749. The molecule has 0 spiro atoms. The van der Waals surface area contributed by atoms with Gasteiger partial charge >= 0.3 is 0 Å². The van der Waals surface area contributed by atoms with Crippen molar-refractivity contribution >= 4 is 22.8 Å². The molecule has 2 aromatic heterocycles. The molecule has 3 N–H and O–H groups in total. The van der Waals surface area contributed by atoms with Crippen molar-refractivity contribution in [3.8, 4) is 0 Å². The molecule has 1 aliphatic carbocycles. The zero-order chi connectivity index (χ0) is 16.5. The van der Waals surface area contributed by atoms with E-state index in [1.807, 2.05) is 6.92 Å². The topological polar surface area (TPSA) is 74.8 Å². The molecule has 0 unspecified atom stereocenters. The van der Waals surface area contributed by atoms with Gasteiger partial charge in [-0.15, -0.1) is 0 Å². The number of aromatic nitrogens is 3. The third-order valence-corrected chi connectivity index (χ3v) is 5.08. The Balaban J connectivity index is 1.73. The van der Waals surface area contributed by atoms with Crippen LogP contribution in [-0.4, -0.2) is 40.1 Å². The van der Waals surface area contributed by atoms with Crippen molar-refractivity contribution in [1.82, 2.24) is 20.3 Å². The van der Waals surface area contributed by atoms with Crippen molar-refractivity contribution in [2.45, 2.75) is 58.0 Å². The second-order valence-corrected chi connectivity index (χ2v) is 7.13. The number of hydrogen-bond acceptors (Lipinski definition) is 6. The average Bonchev–Trinajstić information content (AvgIpc) is 3.20. The van der Waals surface area contributed by atoms with Crippen LogP contribution in [0, 0.1) is 13.8 Å². The minimum absolute atomic E-state index is 0.396. The molecule has 1 atom stereocenters. The monoisotopic (exact) mass is 326 g/mol. The molecular formula is C18H26N6. The molecule has 128 valence electrons. The molecule has 24 heavy (non-hydrogen) atoms. The summed E-state index contributed by atoms with van der Waals surface area (Å²) in [6.45, 7) is 6.16. The highest BCUT2D eigenvalue weighted by Crippen LogP contribution is 2.29. The summed E-state index contributed by atoms with van der Waals surface area (Å²) in [5.41, 5.74) is 2.97. The normalized spacial score (nSPS) is 21.5. The highest BCUT2D eigenvalue weighted by atomic mass is 15.2. The number of fused-ring (bicyclic) bond motifs is 1. The van der Waals surface area contributed by atoms with E-state index in [0.717, 1.165) is 42.1 Å². The van der Waals surface area contributed by atoms with Gasteiger partial charge in [-0.25, -0.2) is 4.98 Å². The summed E-state index contributed by atoms with van der Waals surface area (Å²) >= 11 is 0. The van der Waals surface area contributed by atoms with E-state index in [0.29, 0.717) is 18.0 Å². The largest absolute Gasteiger partial charge is 0.367 e. The molecule has 1 saturated carbocycles. The fourth-order valence-corrected chi connectivity index (χ4v) is 3.87. The summed E-state index contributed by atoms with van der Waals surface area (Å²) in [5.74, 6) is 1.62. The van der Waals surface area contributed by atoms with Gasteiger partial charge in [-0.3, -0.25) is 0 Å². The molecule has 0 amide bonds. The number of pyridine rings is 1. The molecule has 2 aromatic rings. The maximum atomic E-state index is 4.82. The quantitative estimate of drug-likeness (QED) is 0.802. The second kappa shape index (κ2) is 6.51. The summed E-state index contributed by atoms with van der Waals surface area (Å²) < 4.78 is 0. The number of hydrogen-bond donors (Lipinski definition) is 3. The lowest BCUT2D eigenvalue weighted by Gasteiger charge is -2.18. The summed E-state index contributed by atoms with van der Waals surface area (Å²) in [6.07, 6.45) is 6.15. The number of rotatable bonds is 4. The zero-order valence-electron chi connectivity index (χ0n) is 14.5. The van der Waals surface area contributed by atoms with Crippen LogP contribution in [0.15, 0.2) is 6.07 Å². The van der Waals surface area contributed by atoms with Crippen LogP contribution in [0.3, 0.4) is 0 Å². The molecule has 6 heteroatoms. The molecule has 0 aromatic carbocycles. The maximum Gasteiger partial charge on any atom is 0.226 e. The number of nitrogens with zero attached hydrogens (tertiary/aromatic N) is 3. The number of aryl methyl sites for hydroxylation is 2. The predicted octanol–water partition coefficient (Wildman–Crippen LogP) is 2.77. The highest BCUT2D eigenvalue weighted by molar-refractivity contribution is 5.90. The Bertz CT molecular complexity index is 732. The van der Waals surface area contributed by atoms with Gasteiger partial charge in [0.15, 0.2) is 5.65 Å². The Morgan fingerprint density at radius 1 is 1.00 bits per heavy atom. The van der Waals surface area contributed by atoms with Crippen LogP contribution in [0.4, 0.5) is 11.8 Å². The Morgan fingerprint density at radius 3 is 2.58 bits per heavy atom. The molecular weight excluding hydrogens is 300 g/mol. The fraction of sp³-hybridized carbons (Fsp3) is 0.611. The van der Waals surface area contributed by atoms with Crippen LogP contribution in [0.25, 0.3) is 11.0 Å². The standard InChI is InChI=1S/C18H26N6/c1-11-9-12(2)20-16-15(11)17(21-13-5-3-4-6-13)24-18(23-16)22-14-7-8-19-10-14/h9,13-14,19H,3-8,10H2,1-2H3,(H2,20,21,22,23,24)/t14-/m1/s1. The molecule has 0 bridgehead atoms. The summed E-state index contributed by atoms with van der Waals surface area (Å²) in [5, 5.41) is 11.6. The van der Waals surface area contributed by atoms with E-state index in [1.54, 1.807) is 0 Å².